The van der Waals surface area contributed by atoms with Gasteiger partial charge in [0.15, 0.2) is 11.5 Å². The molecule has 1 unspecified atom stereocenters. The van der Waals surface area contributed by atoms with Crippen LogP contribution in [0.15, 0.2) is 18.2 Å². The van der Waals surface area contributed by atoms with Crippen molar-refractivity contribution in [2.45, 2.75) is 64.0 Å². The molecule has 124 valence electrons. The number of unbranched alkanes of at least 4 members (excludes halogenated alkanes) is 5. The van der Waals surface area contributed by atoms with Gasteiger partial charge in [0.2, 0.25) is 6.79 Å². The summed E-state index contributed by atoms with van der Waals surface area (Å²) in [6, 6.07) is 5.90. The molecule has 4 heteroatoms. The first-order valence-corrected chi connectivity index (χ1v) is 9.66. The van der Waals surface area contributed by atoms with Gasteiger partial charge in [-0.05, 0) is 38.0 Å². The lowest BCUT2D eigenvalue weighted by Gasteiger charge is -2.25. The Labute approximate surface area is 136 Å². The number of benzene rings is 1. The molecular weight excluding hydrogens is 296 g/mol. The number of rotatable bonds is 9. The number of hydrogen-bond acceptors (Lipinski definition) is 3. The summed E-state index contributed by atoms with van der Waals surface area (Å²) in [5.41, 5.74) is 1.06. The molecule has 1 heterocycles. The molecule has 1 aliphatic heterocycles. The van der Waals surface area contributed by atoms with Gasteiger partial charge in [-0.15, -0.1) is 0 Å². The Hall–Kier alpha value is -1.03. The third-order valence-electron chi connectivity index (χ3n) is 4.32. The monoisotopic (exact) mass is 324 g/mol. The van der Waals surface area contributed by atoms with Crippen molar-refractivity contribution in [1.29, 1.82) is 0 Å². The van der Waals surface area contributed by atoms with Crippen LogP contribution in [0.1, 0.15) is 64.9 Å². The molecule has 22 heavy (non-hydrogen) atoms. The van der Waals surface area contributed by atoms with E-state index in [0.29, 0.717) is 0 Å². The molecule has 2 rings (SSSR count). The summed E-state index contributed by atoms with van der Waals surface area (Å²) in [7, 11) is -0.881. The van der Waals surface area contributed by atoms with Crippen molar-refractivity contribution in [3.63, 3.8) is 0 Å². The molecule has 3 nitrogen and oxygen atoms in total. The fourth-order valence-corrected chi connectivity index (χ4v) is 4.04. The molecule has 0 radical (unpaired) electrons. The quantitative estimate of drug-likeness (QED) is 0.614. The van der Waals surface area contributed by atoms with Crippen LogP contribution < -0.4 is 9.47 Å². The van der Waals surface area contributed by atoms with E-state index < -0.39 is 10.8 Å². The van der Waals surface area contributed by atoms with Gasteiger partial charge in [-0.1, -0.05) is 45.1 Å². The van der Waals surface area contributed by atoms with E-state index in [-0.39, 0.29) is 11.5 Å². The summed E-state index contributed by atoms with van der Waals surface area (Å²) < 4.78 is 23.1. The van der Waals surface area contributed by atoms with Gasteiger partial charge >= 0.3 is 0 Å². The zero-order chi connectivity index (χ0) is 16.0. The van der Waals surface area contributed by atoms with E-state index in [9.17, 15) is 4.21 Å². The summed E-state index contributed by atoms with van der Waals surface area (Å²) in [4.78, 5) is 0. The molecule has 0 spiro atoms. The van der Waals surface area contributed by atoms with E-state index in [4.69, 9.17) is 9.47 Å². The average Bonchev–Trinajstić information content (AvgIpc) is 2.97. The van der Waals surface area contributed by atoms with E-state index in [1.165, 1.54) is 32.1 Å². The second-order valence-electron chi connectivity index (χ2n) is 6.40. The average molecular weight is 324 g/mol. The van der Waals surface area contributed by atoms with Gasteiger partial charge in [-0.25, -0.2) is 0 Å². The molecule has 0 aliphatic carbocycles. The third-order valence-corrected chi connectivity index (χ3v) is 6.35. The Kier molecular flexibility index (Phi) is 6.30. The maximum atomic E-state index is 12.7. The highest BCUT2D eigenvalue weighted by molar-refractivity contribution is 7.85. The fourth-order valence-electron chi connectivity index (χ4n) is 2.67. The standard InChI is InChI=1S/C18H28O3S/c1-4-5-6-7-8-9-12-22(19)18(2,3)15-10-11-16-17(13-15)21-14-20-16/h10-11,13H,4-9,12,14H2,1-3H3. The van der Waals surface area contributed by atoms with Crippen LogP contribution in [0.5, 0.6) is 11.5 Å². The first kappa shape index (κ1) is 17.3. The summed E-state index contributed by atoms with van der Waals surface area (Å²) >= 11 is 0. The fraction of sp³-hybridized carbons (Fsp3) is 0.667. The van der Waals surface area contributed by atoms with Crippen LogP contribution in [-0.2, 0) is 15.5 Å². The highest BCUT2D eigenvalue weighted by Crippen LogP contribution is 2.37. The summed E-state index contributed by atoms with van der Waals surface area (Å²) in [6.45, 7) is 6.61. The van der Waals surface area contributed by atoms with Crippen molar-refractivity contribution in [3.8, 4) is 11.5 Å². The van der Waals surface area contributed by atoms with Crippen molar-refractivity contribution >= 4 is 10.8 Å². The van der Waals surface area contributed by atoms with Crippen LogP contribution >= 0.6 is 0 Å². The predicted molar refractivity (Wildman–Crippen MR) is 92.0 cm³/mol. The maximum absolute atomic E-state index is 12.7. The topological polar surface area (TPSA) is 35.5 Å². The van der Waals surface area contributed by atoms with Gasteiger partial charge in [0.25, 0.3) is 0 Å². The van der Waals surface area contributed by atoms with E-state index in [1.807, 2.05) is 18.2 Å². The highest BCUT2D eigenvalue weighted by atomic mass is 32.2. The number of ether oxygens (including phenoxy) is 2. The Bertz CT molecular complexity index is 511. The predicted octanol–water partition coefficient (Wildman–Crippen LogP) is 4.76. The first-order chi connectivity index (χ1) is 10.6. The van der Waals surface area contributed by atoms with E-state index in [0.717, 1.165) is 29.2 Å². The first-order valence-electron chi connectivity index (χ1n) is 8.34. The molecule has 0 saturated heterocycles. The molecule has 1 atom stereocenters. The van der Waals surface area contributed by atoms with Crippen molar-refractivity contribution < 1.29 is 13.7 Å². The second kappa shape index (κ2) is 8.00. The van der Waals surface area contributed by atoms with E-state index in [1.54, 1.807) is 0 Å². The Morgan fingerprint density at radius 3 is 2.50 bits per heavy atom. The zero-order valence-corrected chi connectivity index (χ0v) is 14.8. The highest BCUT2D eigenvalue weighted by Gasteiger charge is 2.29. The minimum Gasteiger partial charge on any atom is -0.454 e. The summed E-state index contributed by atoms with van der Waals surface area (Å²) in [5.74, 6) is 2.32. The maximum Gasteiger partial charge on any atom is 0.231 e. The van der Waals surface area contributed by atoms with Crippen LogP contribution in [0.4, 0.5) is 0 Å². The molecule has 1 aromatic rings. The van der Waals surface area contributed by atoms with Gasteiger partial charge in [0.05, 0.1) is 4.75 Å². The van der Waals surface area contributed by atoms with Crippen molar-refractivity contribution in [2.75, 3.05) is 12.5 Å². The molecular formula is C18H28O3S. The molecule has 0 bridgehead atoms. The zero-order valence-electron chi connectivity index (χ0n) is 14.0. The lowest BCUT2D eigenvalue weighted by atomic mass is 10.0. The normalized spacial score (nSPS) is 15.0. The number of hydrogen-bond donors (Lipinski definition) is 0. The van der Waals surface area contributed by atoms with Gasteiger partial charge in [0.1, 0.15) is 0 Å². The van der Waals surface area contributed by atoms with Crippen molar-refractivity contribution in [1.82, 2.24) is 0 Å². The largest absolute Gasteiger partial charge is 0.454 e. The van der Waals surface area contributed by atoms with E-state index >= 15 is 0 Å². The van der Waals surface area contributed by atoms with Crippen molar-refractivity contribution in [3.05, 3.63) is 23.8 Å². The molecule has 0 N–H and O–H groups in total. The van der Waals surface area contributed by atoms with Crippen LogP contribution in [0.3, 0.4) is 0 Å². The smallest absolute Gasteiger partial charge is 0.231 e. The van der Waals surface area contributed by atoms with E-state index in [2.05, 4.69) is 20.8 Å². The summed E-state index contributed by atoms with van der Waals surface area (Å²) in [6.07, 6.45) is 7.37. The van der Waals surface area contributed by atoms with Crippen LogP contribution in [0, 0.1) is 0 Å². The lowest BCUT2D eigenvalue weighted by molar-refractivity contribution is 0.174. The van der Waals surface area contributed by atoms with Crippen LogP contribution in [-0.4, -0.2) is 16.8 Å². The molecule has 0 aromatic heterocycles. The van der Waals surface area contributed by atoms with Gasteiger partial charge in [0, 0.05) is 16.6 Å². The Balaban J connectivity index is 1.87. The molecule has 1 aromatic carbocycles. The molecule has 0 saturated carbocycles. The van der Waals surface area contributed by atoms with Crippen molar-refractivity contribution in [2.24, 2.45) is 0 Å². The van der Waals surface area contributed by atoms with Gasteiger partial charge < -0.3 is 9.47 Å². The van der Waals surface area contributed by atoms with Crippen LogP contribution in [0.25, 0.3) is 0 Å². The summed E-state index contributed by atoms with van der Waals surface area (Å²) in [5, 5.41) is 0. The SMILES string of the molecule is CCCCCCCCS(=O)C(C)(C)c1ccc2c(c1)OCO2. The molecule has 0 fully saturated rings. The Morgan fingerprint density at radius 2 is 1.73 bits per heavy atom. The second-order valence-corrected chi connectivity index (χ2v) is 8.52. The lowest BCUT2D eigenvalue weighted by Crippen LogP contribution is -2.25. The molecule has 1 aliphatic rings. The van der Waals surface area contributed by atoms with Gasteiger partial charge in [-0.3, -0.25) is 4.21 Å². The Morgan fingerprint density at radius 1 is 1.05 bits per heavy atom. The van der Waals surface area contributed by atoms with Crippen LogP contribution in [0.2, 0.25) is 0 Å². The molecule has 0 amide bonds. The van der Waals surface area contributed by atoms with Gasteiger partial charge in [-0.2, -0.15) is 0 Å². The minimum absolute atomic E-state index is 0.278. The minimum atomic E-state index is -0.881. The number of fused-ring (bicyclic) bond motifs is 1. The third kappa shape index (κ3) is 4.25.